The Bertz CT molecular complexity index is 771. The highest BCUT2D eigenvalue weighted by molar-refractivity contribution is 6.14. The number of ether oxygens (including phenoxy) is 2. The van der Waals surface area contributed by atoms with Crippen LogP contribution in [-0.2, 0) is 6.42 Å². The summed E-state index contributed by atoms with van der Waals surface area (Å²) in [6.07, 6.45) is 0.884. The van der Waals surface area contributed by atoms with Gasteiger partial charge in [-0.1, -0.05) is 12.1 Å². The summed E-state index contributed by atoms with van der Waals surface area (Å²) in [4.78, 5) is 4.66. The molecule has 0 saturated heterocycles. The maximum absolute atomic E-state index is 8.91. The van der Waals surface area contributed by atoms with Crippen molar-refractivity contribution in [1.82, 2.24) is 0 Å². The normalized spacial score (nSPS) is 12.9. The Kier molecular flexibility index (Phi) is 3.80. The number of hydrogen-bond acceptors (Lipinski definition) is 4. The molecule has 0 radical (unpaired) electrons. The Hall–Kier alpha value is -2.80. The van der Waals surface area contributed by atoms with Crippen LogP contribution in [0.3, 0.4) is 0 Å². The maximum Gasteiger partial charge on any atom is 0.161 e. The zero-order chi connectivity index (χ0) is 15.5. The van der Waals surface area contributed by atoms with Crippen molar-refractivity contribution in [3.05, 3.63) is 58.7 Å². The van der Waals surface area contributed by atoms with Gasteiger partial charge in [-0.25, -0.2) is 0 Å². The average molecular weight is 292 g/mol. The molecule has 4 nitrogen and oxygen atoms in total. The second-order valence-corrected chi connectivity index (χ2v) is 5.03. The third-order valence-corrected chi connectivity index (χ3v) is 3.80. The van der Waals surface area contributed by atoms with Crippen LogP contribution < -0.4 is 9.47 Å². The molecular formula is C18H16N2O2. The van der Waals surface area contributed by atoms with Gasteiger partial charge in [-0.3, -0.25) is 4.99 Å². The lowest BCUT2D eigenvalue weighted by Crippen LogP contribution is -2.14. The molecule has 0 aromatic heterocycles. The standard InChI is InChI=1S/C18H16N2O2/c1-21-16-9-14-7-8-20-18(15(14)10-17(16)22-2)13-5-3-12(11-19)4-6-13/h3-6,9-10H,7-8H2,1-2H3. The molecule has 0 atom stereocenters. The average Bonchev–Trinajstić information content (AvgIpc) is 2.60. The number of nitrogens with zero attached hydrogens (tertiary/aromatic N) is 2. The van der Waals surface area contributed by atoms with Crippen LogP contribution >= 0.6 is 0 Å². The zero-order valence-electron chi connectivity index (χ0n) is 12.6. The van der Waals surface area contributed by atoms with Crippen LogP contribution in [0.5, 0.6) is 11.5 Å². The molecule has 4 heteroatoms. The van der Waals surface area contributed by atoms with Crippen LogP contribution in [-0.4, -0.2) is 26.5 Å². The number of rotatable bonds is 3. The summed E-state index contributed by atoms with van der Waals surface area (Å²) in [6, 6.07) is 13.6. The van der Waals surface area contributed by atoms with Crippen LogP contribution in [0, 0.1) is 11.3 Å². The molecule has 0 aliphatic carbocycles. The van der Waals surface area contributed by atoms with E-state index in [0.29, 0.717) is 11.3 Å². The third kappa shape index (κ3) is 2.42. The molecule has 0 fully saturated rings. The van der Waals surface area contributed by atoms with E-state index in [2.05, 4.69) is 11.1 Å². The van der Waals surface area contributed by atoms with E-state index in [0.717, 1.165) is 35.6 Å². The van der Waals surface area contributed by atoms with Gasteiger partial charge in [-0.15, -0.1) is 0 Å². The lowest BCUT2D eigenvalue weighted by atomic mass is 9.92. The molecular weight excluding hydrogens is 276 g/mol. The molecule has 0 saturated carbocycles. The highest BCUT2D eigenvalue weighted by Crippen LogP contribution is 2.33. The van der Waals surface area contributed by atoms with E-state index in [1.165, 1.54) is 5.56 Å². The van der Waals surface area contributed by atoms with Crippen molar-refractivity contribution in [3.8, 4) is 17.6 Å². The van der Waals surface area contributed by atoms with Gasteiger partial charge < -0.3 is 9.47 Å². The van der Waals surface area contributed by atoms with Crippen molar-refractivity contribution >= 4 is 5.71 Å². The van der Waals surface area contributed by atoms with Crippen LogP contribution in [0.15, 0.2) is 41.4 Å². The summed E-state index contributed by atoms with van der Waals surface area (Å²) < 4.78 is 10.8. The van der Waals surface area contributed by atoms with Gasteiger partial charge in [-0.2, -0.15) is 5.26 Å². The SMILES string of the molecule is COc1cc2c(cc1OC)C(c1ccc(C#N)cc1)=NCC2. The Morgan fingerprint density at radius 3 is 2.36 bits per heavy atom. The monoisotopic (exact) mass is 292 g/mol. The first-order valence-electron chi connectivity index (χ1n) is 7.07. The second-order valence-electron chi connectivity index (χ2n) is 5.03. The van der Waals surface area contributed by atoms with Crippen molar-refractivity contribution in [2.75, 3.05) is 20.8 Å². The predicted octanol–water partition coefficient (Wildman–Crippen LogP) is 2.97. The largest absolute Gasteiger partial charge is 0.493 e. The topological polar surface area (TPSA) is 54.6 Å². The van der Waals surface area contributed by atoms with E-state index in [4.69, 9.17) is 14.7 Å². The van der Waals surface area contributed by atoms with Gasteiger partial charge in [-0.05, 0) is 36.2 Å². The van der Waals surface area contributed by atoms with Gasteiger partial charge >= 0.3 is 0 Å². The van der Waals surface area contributed by atoms with Crippen molar-refractivity contribution < 1.29 is 9.47 Å². The number of methoxy groups -OCH3 is 2. The van der Waals surface area contributed by atoms with Gasteiger partial charge in [0, 0.05) is 17.7 Å². The molecule has 1 aliphatic rings. The summed E-state index contributed by atoms with van der Waals surface area (Å²) >= 11 is 0. The molecule has 2 aromatic carbocycles. The molecule has 0 unspecified atom stereocenters. The Morgan fingerprint density at radius 2 is 1.73 bits per heavy atom. The molecule has 3 rings (SSSR count). The van der Waals surface area contributed by atoms with Crippen LogP contribution in [0.25, 0.3) is 0 Å². The summed E-state index contributed by atoms with van der Waals surface area (Å²) in [7, 11) is 3.27. The minimum Gasteiger partial charge on any atom is -0.493 e. The van der Waals surface area contributed by atoms with E-state index in [1.807, 2.05) is 36.4 Å². The summed E-state index contributed by atoms with van der Waals surface area (Å²) in [5.41, 5.74) is 4.85. The molecule has 0 bridgehead atoms. The fraction of sp³-hybridized carbons (Fsp3) is 0.222. The van der Waals surface area contributed by atoms with Crippen molar-refractivity contribution in [2.24, 2.45) is 4.99 Å². The van der Waals surface area contributed by atoms with E-state index in [-0.39, 0.29) is 0 Å². The fourth-order valence-corrected chi connectivity index (χ4v) is 2.67. The number of nitriles is 1. The second kappa shape index (κ2) is 5.90. The smallest absolute Gasteiger partial charge is 0.161 e. The van der Waals surface area contributed by atoms with Gasteiger partial charge in [0.05, 0.1) is 31.6 Å². The van der Waals surface area contributed by atoms with Crippen LogP contribution in [0.2, 0.25) is 0 Å². The van der Waals surface area contributed by atoms with Crippen molar-refractivity contribution in [2.45, 2.75) is 6.42 Å². The zero-order valence-corrected chi connectivity index (χ0v) is 12.6. The molecule has 110 valence electrons. The molecule has 0 N–H and O–H groups in total. The number of fused-ring (bicyclic) bond motifs is 1. The molecule has 2 aromatic rings. The maximum atomic E-state index is 8.91. The van der Waals surface area contributed by atoms with Crippen LogP contribution in [0.4, 0.5) is 0 Å². The summed E-state index contributed by atoms with van der Waals surface area (Å²) in [5.74, 6) is 1.44. The van der Waals surface area contributed by atoms with Gasteiger partial charge in [0.1, 0.15) is 0 Å². The van der Waals surface area contributed by atoms with Crippen molar-refractivity contribution in [3.63, 3.8) is 0 Å². The molecule has 1 aliphatic heterocycles. The minimum absolute atomic E-state index is 0.646. The van der Waals surface area contributed by atoms with E-state index in [1.54, 1.807) is 14.2 Å². The van der Waals surface area contributed by atoms with E-state index in [9.17, 15) is 0 Å². The van der Waals surface area contributed by atoms with Gasteiger partial charge in [0.25, 0.3) is 0 Å². The third-order valence-electron chi connectivity index (χ3n) is 3.80. The van der Waals surface area contributed by atoms with Crippen LogP contribution in [0.1, 0.15) is 22.3 Å². The first-order chi connectivity index (χ1) is 10.8. The molecule has 0 spiro atoms. The number of aliphatic imine (C=N–C) groups is 1. The molecule has 22 heavy (non-hydrogen) atoms. The highest BCUT2D eigenvalue weighted by atomic mass is 16.5. The van der Waals surface area contributed by atoms with Gasteiger partial charge in [0.15, 0.2) is 11.5 Å². The summed E-state index contributed by atoms with van der Waals surface area (Å²) in [6.45, 7) is 0.748. The predicted molar refractivity (Wildman–Crippen MR) is 84.9 cm³/mol. The Balaban J connectivity index is 2.09. The lowest BCUT2D eigenvalue weighted by molar-refractivity contribution is 0.354. The Labute approximate surface area is 129 Å². The van der Waals surface area contributed by atoms with Crippen molar-refractivity contribution in [1.29, 1.82) is 5.26 Å². The first-order valence-corrected chi connectivity index (χ1v) is 7.07. The minimum atomic E-state index is 0.646. The highest BCUT2D eigenvalue weighted by Gasteiger charge is 2.19. The lowest BCUT2D eigenvalue weighted by Gasteiger charge is -2.20. The molecule has 1 heterocycles. The number of hydrogen-bond donors (Lipinski definition) is 0. The first kappa shape index (κ1) is 14.2. The summed E-state index contributed by atoms with van der Waals surface area (Å²) in [5, 5.41) is 8.91. The Morgan fingerprint density at radius 1 is 1.05 bits per heavy atom. The number of benzene rings is 2. The van der Waals surface area contributed by atoms with Gasteiger partial charge in [0.2, 0.25) is 0 Å². The van der Waals surface area contributed by atoms with E-state index < -0.39 is 0 Å². The van der Waals surface area contributed by atoms with E-state index >= 15 is 0 Å². The quantitative estimate of drug-likeness (QED) is 0.874. The fourth-order valence-electron chi connectivity index (χ4n) is 2.67. The molecule has 0 amide bonds.